The third-order valence-corrected chi connectivity index (χ3v) is 3.47. The van der Waals surface area contributed by atoms with Crippen LogP contribution in [0, 0.1) is 17.8 Å². The molecule has 1 aliphatic carbocycles. The lowest BCUT2D eigenvalue weighted by Crippen LogP contribution is -2.33. The molecule has 0 radical (unpaired) electrons. The average molecular weight is 212 g/mol. The highest BCUT2D eigenvalue weighted by Crippen LogP contribution is 2.34. The van der Waals surface area contributed by atoms with E-state index in [9.17, 15) is 9.90 Å². The van der Waals surface area contributed by atoms with Gasteiger partial charge in [-0.1, -0.05) is 27.2 Å². The minimum Gasteiger partial charge on any atom is -0.385 e. The van der Waals surface area contributed by atoms with Gasteiger partial charge in [-0.2, -0.15) is 0 Å². The first kappa shape index (κ1) is 12.7. The van der Waals surface area contributed by atoms with E-state index < -0.39 is 6.10 Å². The van der Waals surface area contributed by atoms with Gasteiger partial charge in [-0.3, -0.25) is 4.79 Å². The summed E-state index contributed by atoms with van der Waals surface area (Å²) in [5.41, 5.74) is 0. The van der Waals surface area contributed by atoms with Gasteiger partial charge in [-0.25, -0.2) is 0 Å². The zero-order valence-corrected chi connectivity index (χ0v) is 10.2. The molecule has 0 aliphatic heterocycles. The van der Waals surface area contributed by atoms with E-state index >= 15 is 0 Å². The minimum absolute atomic E-state index is 0.0928. The molecule has 0 spiro atoms. The van der Waals surface area contributed by atoms with Crippen molar-refractivity contribution < 1.29 is 9.90 Å². The molecule has 2 heteroatoms. The molecule has 88 valence electrons. The lowest BCUT2D eigenvalue weighted by atomic mass is 9.74. The van der Waals surface area contributed by atoms with E-state index in [1.807, 2.05) is 6.92 Å². The Kier molecular flexibility index (Phi) is 4.78. The van der Waals surface area contributed by atoms with E-state index in [0.717, 1.165) is 19.3 Å². The van der Waals surface area contributed by atoms with Crippen LogP contribution in [0.3, 0.4) is 0 Å². The summed E-state index contributed by atoms with van der Waals surface area (Å²) >= 11 is 0. The van der Waals surface area contributed by atoms with Gasteiger partial charge < -0.3 is 5.11 Å². The number of Topliss-reactive ketones (excluding diaryl/α,β-unsaturated/α-hetero) is 1. The van der Waals surface area contributed by atoms with Gasteiger partial charge >= 0.3 is 0 Å². The van der Waals surface area contributed by atoms with Crippen LogP contribution in [0.15, 0.2) is 0 Å². The summed E-state index contributed by atoms with van der Waals surface area (Å²) in [6, 6.07) is 0. The third-order valence-electron chi connectivity index (χ3n) is 3.47. The van der Waals surface area contributed by atoms with Crippen molar-refractivity contribution in [2.45, 2.75) is 59.0 Å². The van der Waals surface area contributed by atoms with Crippen LogP contribution < -0.4 is 0 Å². The molecular weight excluding hydrogens is 188 g/mol. The van der Waals surface area contributed by atoms with Crippen molar-refractivity contribution in [2.75, 3.05) is 0 Å². The van der Waals surface area contributed by atoms with Crippen molar-refractivity contribution in [2.24, 2.45) is 17.8 Å². The molecule has 3 unspecified atom stereocenters. The first-order valence-electron chi connectivity index (χ1n) is 6.26. The fraction of sp³-hybridized carbons (Fsp3) is 0.923. The lowest BCUT2D eigenvalue weighted by Gasteiger charge is -2.31. The topological polar surface area (TPSA) is 37.3 Å². The second-order valence-electron chi connectivity index (χ2n) is 5.32. The molecule has 15 heavy (non-hydrogen) atoms. The molecule has 1 fully saturated rings. The van der Waals surface area contributed by atoms with Crippen LogP contribution in [-0.4, -0.2) is 17.0 Å². The molecule has 1 N–H and O–H groups in total. The van der Waals surface area contributed by atoms with Crippen molar-refractivity contribution in [1.29, 1.82) is 0 Å². The molecule has 0 heterocycles. The number of ketones is 1. The molecule has 1 saturated carbocycles. The zero-order chi connectivity index (χ0) is 11.4. The Morgan fingerprint density at radius 2 is 1.80 bits per heavy atom. The molecule has 1 rings (SSSR count). The summed E-state index contributed by atoms with van der Waals surface area (Å²) in [6.45, 7) is 6.42. The highest BCUT2D eigenvalue weighted by molar-refractivity contribution is 5.85. The van der Waals surface area contributed by atoms with Gasteiger partial charge in [-0.05, 0) is 37.5 Å². The van der Waals surface area contributed by atoms with Crippen molar-refractivity contribution in [3.05, 3.63) is 0 Å². The molecule has 0 aromatic heterocycles. The molecule has 3 atom stereocenters. The number of hydrogen-bond donors (Lipinski definition) is 1. The van der Waals surface area contributed by atoms with E-state index in [4.69, 9.17) is 0 Å². The van der Waals surface area contributed by atoms with E-state index in [1.54, 1.807) is 0 Å². The Balaban J connectivity index is 2.51. The number of rotatable bonds is 4. The van der Waals surface area contributed by atoms with E-state index in [1.165, 1.54) is 6.42 Å². The molecule has 0 aromatic carbocycles. The maximum atomic E-state index is 11.9. The van der Waals surface area contributed by atoms with Crippen LogP contribution in [0.4, 0.5) is 0 Å². The van der Waals surface area contributed by atoms with Crippen LogP contribution in [0.25, 0.3) is 0 Å². The summed E-state index contributed by atoms with van der Waals surface area (Å²) in [5.74, 6) is 1.48. The summed E-state index contributed by atoms with van der Waals surface area (Å²) in [4.78, 5) is 11.9. The monoisotopic (exact) mass is 212 g/mol. The summed E-state index contributed by atoms with van der Waals surface area (Å²) in [7, 11) is 0. The number of aliphatic hydroxyl groups excluding tert-OH is 1. The lowest BCUT2D eigenvalue weighted by molar-refractivity contribution is -0.133. The second-order valence-corrected chi connectivity index (χ2v) is 5.32. The number of hydrogen-bond acceptors (Lipinski definition) is 2. The normalized spacial score (nSPS) is 33.7. The first-order valence-corrected chi connectivity index (χ1v) is 6.26. The summed E-state index contributed by atoms with van der Waals surface area (Å²) < 4.78 is 0. The third kappa shape index (κ3) is 3.60. The van der Waals surface area contributed by atoms with Crippen molar-refractivity contribution in [1.82, 2.24) is 0 Å². The average Bonchev–Trinajstić information content (AvgIpc) is 2.15. The van der Waals surface area contributed by atoms with Crippen molar-refractivity contribution in [3.8, 4) is 0 Å². The molecule has 0 amide bonds. The van der Waals surface area contributed by atoms with E-state index in [2.05, 4.69) is 13.8 Å². The number of aliphatic hydroxyl groups is 1. The smallest absolute Gasteiger partial charge is 0.164 e. The summed E-state index contributed by atoms with van der Waals surface area (Å²) in [6.07, 6.45) is 3.97. The Morgan fingerprint density at radius 3 is 2.27 bits per heavy atom. The van der Waals surface area contributed by atoms with Gasteiger partial charge in [-0.15, -0.1) is 0 Å². The Bertz CT molecular complexity index is 203. The highest BCUT2D eigenvalue weighted by atomic mass is 16.3. The van der Waals surface area contributed by atoms with E-state index in [-0.39, 0.29) is 11.7 Å². The van der Waals surface area contributed by atoms with Crippen LogP contribution in [-0.2, 0) is 4.79 Å². The van der Waals surface area contributed by atoms with Gasteiger partial charge in [0.05, 0.1) is 0 Å². The Morgan fingerprint density at radius 1 is 1.27 bits per heavy atom. The zero-order valence-electron chi connectivity index (χ0n) is 10.2. The van der Waals surface area contributed by atoms with Crippen molar-refractivity contribution >= 4 is 5.78 Å². The predicted octanol–water partition coefficient (Wildman–Crippen LogP) is 2.79. The largest absolute Gasteiger partial charge is 0.385 e. The van der Waals surface area contributed by atoms with Gasteiger partial charge in [0.1, 0.15) is 6.10 Å². The number of carbonyl (C=O) groups excluding carboxylic acids is 1. The highest BCUT2D eigenvalue weighted by Gasteiger charge is 2.31. The first-order chi connectivity index (χ1) is 7.04. The minimum atomic E-state index is -0.711. The standard InChI is InChI=1S/C13H24O2/c1-4-5-12(14)13(15)11-7-9(2)6-10(3)8-11/h9-12,14H,4-8H2,1-3H3. The van der Waals surface area contributed by atoms with Crippen LogP contribution >= 0.6 is 0 Å². The molecular formula is C13H24O2. The second kappa shape index (κ2) is 5.64. The maximum absolute atomic E-state index is 11.9. The fourth-order valence-electron chi connectivity index (χ4n) is 2.87. The van der Waals surface area contributed by atoms with Gasteiger partial charge in [0.15, 0.2) is 5.78 Å². The van der Waals surface area contributed by atoms with E-state index in [0.29, 0.717) is 18.3 Å². The Hall–Kier alpha value is -0.370. The predicted molar refractivity (Wildman–Crippen MR) is 61.6 cm³/mol. The van der Waals surface area contributed by atoms with Crippen LogP contribution in [0.2, 0.25) is 0 Å². The summed E-state index contributed by atoms with van der Waals surface area (Å²) in [5, 5.41) is 9.69. The molecule has 0 aromatic rings. The Labute approximate surface area is 93.1 Å². The fourth-order valence-corrected chi connectivity index (χ4v) is 2.87. The van der Waals surface area contributed by atoms with Crippen LogP contribution in [0.1, 0.15) is 52.9 Å². The SMILES string of the molecule is CCCC(O)C(=O)C1CC(C)CC(C)C1. The van der Waals surface area contributed by atoms with Gasteiger partial charge in [0, 0.05) is 5.92 Å². The van der Waals surface area contributed by atoms with Crippen LogP contribution in [0.5, 0.6) is 0 Å². The molecule has 1 aliphatic rings. The molecule has 2 nitrogen and oxygen atoms in total. The number of carbonyl (C=O) groups is 1. The van der Waals surface area contributed by atoms with Gasteiger partial charge in [0.25, 0.3) is 0 Å². The molecule has 0 bridgehead atoms. The molecule has 0 saturated heterocycles. The maximum Gasteiger partial charge on any atom is 0.164 e. The van der Waals surface area contributed by atoms with Crippen molar-refractivity contribution in [3.63, 3.8) is 0 Å². The quantitative estimate of drug-likeness (QED) is 0.778. The van der Waals surface area contributed by atoms with Gasteiger partial charge in [0.2, 0.25) is 0 Å².